The summed E-state index contributed by atoms with van der Waals surface area (Å²) in [6.07, 6.45) is 0. The molecule has 19 heavy (non-hydrogen) atoms. The molecule has 0 aliphatic rings. The largest absolute Gasteiger partial charge is 0.496 e. The van der Waals surface area contributed by atoms with Crippen LogP contribution in [0.2, 0.25) is 0 Å². The van der Waals surface area contributed by atoms with Gasteiger partial charge in [0, 0.05) is 5.69 Å². The van der Waals surface area contributed by atoms with Crippen LogP contribution >= 0.6 is 0 Å². The van der Waals surface area contributed by atoms with Crippen LogP contribution in [-0.2, 0) is 0 Å². The van der Waals surface area contributed by atoms with E-state index in [0.29, 0.717) is 0 Å². The van der Waals surface area contributed by atoms with Crippen LogP contribution < -0.4 is 15.8 Å². The molecule has 0 atom stereocenters. The summed E-state index contributed by atoms with van der Waals surface area (Å²) in [5.74, 6) is 0.903. The van der Waals surface area contributed by atoms with Gasteiger partial charge in [-0.15, -0.1) is 0 Å². The van der Waals surface area contributed by atoms with Gasteiger partial charge in [-0.3, -0.25) is 0 Å². The van der Waals surface area contributed by atoms with E-state index in [-0.39, 0.29) is 0 Å². The lowest BCUT2D eigenvalue weighted by Gasteiger charge is -2.16. The number of aryl methyl sites for hydroxylation is 1. The van der Waals surface area contributed by atoms with Crippen molar-refractivity contribution in [1.82, 2.24) is 0 Å². The van der Waals surface area contributed by atoms with Crippen molar-refractivity contribution in [3.05, 3.63) is 47.0 Å². The number of nitrogens with one attached hydrogen (secondary N) is 1. The molecule has 3 nitrogen and oxygen atoms in total. The van der Waals surface area contributed by atoms with Gasteiger partial charge in [0.05, 0.1) is 18.5 Å². The fraction of sp³-hybridized carbons (Fsp3) is 0.250. The quantitative estimate of drug-likeness (QED) is 0.817. The predicted octanol–water partition coefficient (Wildman–Crippen LogP) is 3.95. The van der Waals surface area contributed by atoms with E-state index < -0.39 is 0 Å². The minimum atomic E-state index is 0.749. The summed E-state index contributed by atoms with van der Waals surface area (Å²) < 4.78 is 5.32. The van der Waals surface area contributed by atoms with E-state index >= 15 is 0 Å². The van der Waals surface area contributed by atoms with Crippen molar-refractivity contribution in [3.8, 4) is 5.75 Å². The van der Waals surface area contributed by atoms with Crippen LogP contribution in [0.1, 0.15) is 16.7 Å². The molecule has 0 aliphatic carbocycles. The maximum Gasteiger partial charge on any atom is 0.122 e. The average Bonchev–Trinajstić information content (AvgIpc) is 2.39. The Morgan fingerprint density at radius 3 is 2.37 bits per heavy atom. The Bertz CT molecular complexity index is 606. The Morgan fingerprint density at radius 1 is 0.947 bits per heavy atom. The smallest absolute Gasteiger partial charge is 0.122 e. The minimum absolute atomic E-state index is 0.749. The molecule has 100 valence electrons. The minimum Gasteiger partial charge on any atom is -0.496 e. The van der Waals surface area contributed by atoms with Crippen molar-refractivity contribution in [2.45, 2.75) is 20.8 Å². The highest BCUT2D eigenvalue weighted by atomic mass is 16.5. The van der Waals surface area contributed by atoms with E-state index in [2.05, 4.69) is 26.1 Å². The van der Waals surface area contributed by atoms with Crippen molar-refractivity contribution < 1.29 is 4.74 Å². The normalized spacial score (nSPS) is 10.3. The second-order valence-electron chi connectivity index (χ2n) is 4.78. The molecular weight excluding hydrogens is 236 g/mol. The number of hydrogen-bond acceptors (Lipinski definition) is 3. The van der Waals surface area contributed by atoms with Gasteiger partial charge in [0.2, 0.25) is 0 Å². The highest BCUT2D eigenvalue weighted by molar-refractivity contribution is 5.75. The number of methoxy groups -OCH3 is 1. The zero-order chi connectivity index (χ0) is 14.0. The third-order valence-electron chi connectivity index (χ3n) is 3.44. The van der Waals surface area contributed by atoms with Crippen LogP contribution in [0.3, 0.4) is 0 Å². The van der Waals surface area contributed by atoms with E-state index in [1.807, 2.05) is 30.3 Å². The molecule has 0 spiro atoms. The average molecular weight is 256 g/mol. The fourth-order valence-electron chi connectivity index (χ4n) is 2.08. The number of hydrogen-bond donors (Lipinski definition) is 2. The second-order valence-corrected chi connectivity index (χ2v) is 4.78. The molecule has 0 amide bonds. The van der Waals surface area contributed by atoms with Crippen LogP contribution in [0, 0.1) is 20.8 Å². The van der Waals surface area contributed by atoms with E-state index in [9.17, 15) is 0 Å². The first-order chi connectivity index (χ1) is 9.02. The molecule has 3 N–H and O–H groups in total. The van der Waals surface area contributed by atoms with Crippen LogP contribution in [-0.4, -0.2) is 7.11 Å². The van der Waals surface area contributed by atoms with Gasteiger partial charge in [0.25, 0.3) is 0 Å². The fourth-order valence-corrected chi connectivity index (χ4v) is 2.08. The molecule has 2 rings (SSSR count). The van der Waals surface area contributed by atoms with E-state index in [1.54, 1.807) is 7.11 Å². The third kappa shape index (κ3) is 2.65. The third-order valence-corrected chi connectivity index (χ3v) is 3.44. The summed E-state index contributed by atoms with van der Waals surface area (Å²) in [7, 11) is 1.69. The lowest BCUT2D eigenvalue weighted by molar-refractivity contribution is 0.411. The van der Waals surface area contributed by atoms with Gasteiger partial charge in [-0.1, -0.05) is 6.07 Å². The Labute approximate surface area is 114 Å². The van der Waals surface area contributed by atoms with E-state index in [4.69, 9.17) is 10.5 Å². The number of nitrogens with two attached hydrogens (primary N) is 1. The SMILES string of the molecule is COc1ccc(Nc2cc(C)ccc2N)c(C)c1C. The second kappa shape index (κ2) is 5.22. The molecule has 0 saturated heterocycles. The van der Waals surface area contributed by atoms with Crippen LogP contribution in [0.15, 0.2) is 30.3 Å². The first kappa shape index (κ1) is 13.3. The van der Waals surface area contributed by atoms with Gasteiger partial charge in [0.15, 0.2) is 0 Å². The topological polar surface area (TPSA) is 47.3 Å². The molecular formula is C16H20N2O. The molecule has 0 bridgehead atoms. The molecule has 0 radical (unpaired) electrons. The van der Waals surface area contributed by atoms with Gasteiger partial charge in [-0.25, -0.2) is 0 Å². The molecule has 0 unspecified atom stereocenters. The van der Waals surface area contributed by atoms with Crippen molar-refractivity contribution in [2.24, 2.45) is 0 Å². The van der Waals surface area contributed by atoms with Crippen molar-refractivity contribution >= 4 is 17.1 Å². The van der Waals surface area contributed by atoms with Gasteiger partial charge in [-0.2, -0.15) is 0 Å². The summed E-state index contributed by atoms with van der Waals surface area (Å²) >= 11 is 0. The molecule has 0 saturated carbocycles. The highest BCUT2D eigenvalue weighted by Gasteiger charge is 2.08. The lowest BCUT2D eigenvalue weighted by atomic mass is 10.1. The lowest BCUT2D eigenvalue weighted by Crippen LogP contribution is -2.00. The molecule has 2 aromatic carbocycles. The summed E-state index contributed by atoms with van der Waals surface area (Å²) in [5, 5.41) is 3.39. The molecule has 3 heteroatoms. The molecule has 0 fully saturated rings. The van der Waals surface area contributed by atoms with Crippen molar-refractivity contribution in [3.63, 3.8) is 0 Å². The molecule has 0 heterocycles. The number of nitrogen functional groups attached to an aromatic ring is 1. The Balaban J connectivity index is 2.39. The molecule has 0 aliphatic heterocycles. The summed E-state index contributed by atoms with van der Waals surface area (Å²) in [4.78, 5) is 0. The maximum atomic E-state index is 5.99. The zero-order valence-electron chi connectivity index (χ0n) is 11.9. The summed E-state index contributed by atoms with van der Waals surface area (Å²) in [6, 6.07) is 9.96. The van der Waals surface area contributed by atoms with Crippen molar-refractivity contribution in [1.29, 1.82) is 0 Å². The molecule has 0 aromatic heterocycles. The standard InChI is InChI=1S/C16H20N2O/c1-10-5-6-13(17)15(9-10)18-14-7-8-16(19-4)12(3)11(14)2/h5-9,18H,17H2,1-4H3. The Hall–Kier alpha value is -2.16. The first-order valence-electron chi connectivity index (χ1n) is 6.30. The number of ether oxygens (including phenoxy) is 1. The van der Waals surface area contributed by atoms with E-state index in [0.717, 1.165) is 28.4 Å². The van der Waals surface area contributed by atoms with Crippen LogP contribution in [0.25, 0.3) is 0 Å². The van der Waals surface area contributed by atoms with Gasteiger partial charge < -0.3 is 15.8 Å². The highest BCUT2D eigenvalue weighted by Crippen LogP contribution is 2.31. The Morgan fingerprint density at radius 2 is 1.68 bits per heavy atom. The van der Waals surface area contributed by atoms with Gasteiger partial charge >= 0.3 is 0 Å². The number of anilines is 3. The van der Waals surface area contributed by atoms with Crippen LogP contribution in [0.5, 0.6) is 5.75 Å². The zero-order valence-corrected chi connectivity index (χ0v) is 11.9. The van der Waals surface area contributed by atoms with Gasteiger partial charge in [0.1, 0.15) is 5.75 Å². The monoisotopic (exact) mass is 256 g/mol. The molecule has 2 aromatic rings. The Kier molecular flexibility index (Phi) is 3.65. The summed E-state index contributed by atoms with van der Waals surface area (Å²) in [6.45, 7) is 6.18. The van der Waals surface area contributed by atoms with E-state index in [1.165, 1.54) is 11.1 Å². The predicted molar refractivity (Wildman–Crippen MR) is 81.3 cm³/mol. The number of benzene rings is 2. The van der Waals surface area contributed by atoms with Crippen LogP contribution in [0.4, 0.5) is 17.1 Å². The van der Waals surface area contributed by atoms with Crippen molar-refractivity contribution in [2.75, 3.05) is 18.2 Å². The maximum absolute atomic E-state index is 5.99. The number of rotatable bonds is 3. The summed E-state index contributed by atoms with van der Waals surface area (Å²) in [5.41, 5.74) is 12.2. The first-order valence-corrected chi connectivity index (χ1v) is 6.30. The van der Waals surface area contributed by atoms with Gasteiger partial charge in [-0.05, 0) is 61.7 Å².